The summed E-state index contributed by atoms with van der Waals surface area (Å²) in [6.45, 7) is 0. The molecular weight excluding hydrogens is 340 g/mol. The number of rotatable bonds is 5. The first-order valence-corrected chi connectivity index (χ1v) is 9.41. The van der Waals surface area contributed by atoms with E-state index in [0.29, 0.717) is 27.9 Å². The number of pyridine rings is 1. The SMILES string of the molecule is COc1cc2nccc(Oc3ccc(S(C)(=N)=O)cc3)c2cc1OC. The van der Waals surface area contributed by atoms with Gasteiger partial charge in [0.2, 0.25) is 0 Å². The second-order valence-electron chi connectivity index (χ2n) is 5.45. The standard InChI is InChI=1S/C18H18N2O4S/c1-22-17-10-14-15(11-18(17)23-2)20-9-8-16(14)24-12-4-6-13(7-5-12)25(3,19)21/h4-11,19H,1-3H3. The normalized spacial score (nSPS) is 13.2. The lowest BCUT2D eigenvalue weighted by molar-refractivity contribution is 0.355. The van der Waals surface area contributed by atoms with Gasteiger partial charge in [-0.15, -0.1) is 0 Å². The van der Waals surface area contributed by atoms with Crippen molar-refractivity contribution in [3.63, 3.8) is 0 Å². The lowest BCUT2D eigenvalue weighted by atomic mass is 10.2. The van der Waals surface area contributed by atoms with Gasteiger partial charge in [0, 0.05) is 28.8 Å². The van der Waals surface area contributed by atoms with Gasteiger partial charge in [0.15, 0.2) is 11.5 Å². The molecule has 0 aliphatic heterocycles. The van der Waals surface area contributed by atoms with Gasteiger partial charge in [0.25, 0.3) is 0 Å². The Hall–Kier alpha value is -2.80. The predicted octanol–water partition coefficient (Wildman–Crippen LogP) is 4.08. The number of ether oxygens (including phenoxy) is 3. The monoisotopic (exact) mass is 358 g/mol. The molecule has 0 saturated carbocycles. The third-order valence-corrected chi connectivity index (χ3v) is 4.88. The lowest BCUT2D eigenvalue weighted by Crippen LogP contribution is -1.95. The Morgan fingerprint density at radius 1 is 0.960 bits per heavy atom. The van der Waals surface area contributed by atoms with Crippen LogP contribution in [0.2, 0.25) is 0 Å². The van der Waals surface area contributed by atoms with Crippen LogP contribution in [0, 0.1) is 4.78 Å². The number of hydrogen-bond acceptors (Lipinski definition) is 6. The Morgan fingerprint density at radius 3 is 2.20 bits per heavy atom. The molecule has 0 radical (unpaired) electrons. The highest BCUT2D eigenvalue weighted by Gasteiger charge is 2.11. The molecule has 130 valence electrons. The molecule has 6 nitrogen and oxygen atoms in total. The first kappa shape index (κ1) is 17.0. The second kappa shape index (κ2) is 6.60. The fraction of sp³-hybridized carbons (Fsp3) is 0.167. The van der Waals surface area contributed by atoms with E-state index in [-0.39, 0.29) is 0 Å². The number of benzene rings is 2. The van der Waals surface area contributed by atoms with Gasteiger partial charge in [-0.25, -0.2) is 8.99 Å². The summed E-state index contributed by atoms with van der Waals surface area (Å²) in [5, 5.41) is 0.781. The predicted molar refractivity (Wildman–Crippen MR) is 96.4 cm³/mol. The highest BCUT2D eigenvalue weighted by Crippen LogP contribution is 2.36. The maximum atomic E-state index is 11.8. The number of nitrogens with one attached hydrogen (secondary N) is 1. The molecule has 1 heterocycles. The van der Waals surface area contributed by atoms with E-state index in [0.717, 1.165) is 10.9 Å². The van der Waals surface area contributed by atoms with Crippen molar-refractivity contribution in [1.29, 1.82) is 4.78 Å². The summed E-state index contributed by atoms with van der Waals surface area (Å²) in [6.07, 6.45) is 3.04. The Balaban J connectivity index is 2.01. The van der Waals surface area contributed by atoms with Crippen LogP contribution in [-0.4, -0.2) is 29.7 Å². The summed E-state index contributed by atoms with van der Waals surface area (Å²) in [6, 6.07) is 12.0. The zero-order valence-corrected chi connectivity index (χ0v) is 14.9. The van der Waals surface area contributed by atoms with Gasteiger partial charge in [0.05, 0.1) is 29.5 Å². The fourth-order valence-electron chi connectivity index (χ4n) is 2.43. The molecule has 1 unspecified atom stereocenters. The Labute approximate surface area is 146 Å². The third-order valence-electron chi connectivity index (χ3n) is 3.71. The first-order chi connectivity index (χ1) is 11.9. The van der Waals surface area contributed by atoms with Gasteiger partial charge >= 0.3 is 0 Å². The number of aromatic nitrogens is 1. The van der Waals surface area contributed by atoms with Crippen LogP contribution in [0.5, 0.6) is 23.0 Å². The molecule has 0 fully saturated rings. The molecule has 1 N–H and O–H groups in total. The molecule has 0 saturated heterocycles. The summed E-state index contributed by atoms with van der Waals surface area (Å²) < 4.78 is 35.9. The molecule has 0 amide bonds. The molecule has 25 heavy (non-hydrogen) atoms. The fourth-order valence-corrected chi connectivity index (χ4v) is 3.09. The van der Waals surface area contributed by atoms with Gasteiger partial charge in [0.1, 0.15) is 11.5 Å². The van der Waals surface area contributed by atoms with Crippen LogP contribution in [0.4, 0.5) is 0 Å². The van der Waals surface area contributed by atoms with E-state index in [1.165, 1.54) is 6.26 Å². The minimum atomic E-state index is -2.74. The number of hydrogen-bond donors (Lipinski definition) is 1. The van der Waals surface area contributed by atoms with Gasteiger partial charge in [-0.3, -0.25) is 4.98 Å². The molecule has 3 rings (SSSR count). The summed E-state index contributed by atoms with van der Waals surface area (Å²) in [4.78, 5) is 4.80. The van der Waals surface area contributed by atoms with E-state index in [4.69, 9.17) is 19.0 Å². The van der Waals surface area contributed by atoms with Gasteiger partial charge in [-0.05, 0) is 36.4 Å². The number of methoxy groups -OCH3 is 2. The summed E-state index contributed by atoms with van der Waals surface area (Å²) >= 11 is 0. The largest absolute Gasteiger partial charge is 0.493 e. The average molecular weight is 358 g/mol. The maximum Gasteiger partial charge on any atom is 0.162 e. The van der Waals surface area contributed by atoms with E-state index in [9.17, 15) is 4.21 Å². The number of fused-ring (bicyclic) bond motifs is 1. The van der Waals surface area contributed by atoms with Crippen molar-refractivity contribution < 1.29 is 18.4 Å². The van der Waals surface area contributed by atoms with Crippen molar-refractivity contribution in [2.45, 2.75) is 4.90 Å². The molecule has 0 aliphatic carbocycles. The van der Waals surface area contributed by atoms with Crippen LogP contribution < -0.4 is 14.2 Å². The Kier molecular flexibility index (Phi) is 4.50. The van der Waals surface area contributed by atoms with E-state index in [1.807, 2.05) is 6.07 Å². The van der Waals surface area contributed by atoms with Crippen molar-refractivity contribution in [1.82, 2.24) is 4.98 Å². The molecule has 3 aromatic rings. The van der Waals surface area contributed by atoms with Crippen LogP contribution in [0.25, 0.3) is 10.9 Å². The number of nitrogens with zero attached hydrogens (tertiary/aromatic N) is 1. The zero-order chi connectivity index (χ0) is 18.0. The molecule has 0 aliphatic rings. The first-order valence-electron chi connectivity index (χ1n) is 7.45. The molecule has 0 spiro atoms. The molecule has 1 atom stereocenters. The lowest BCUT2D eigenvalue weighted by Gasteiger charge is -2.12. The highest BCUT2D eigenvalue weighted by atomic mass is 32.2. The molecule has 7 heteroatoms. The Morgan fingerprint density at radius 2 is 1.60 bits per heavy atom. The topological polar surface area (TPSA) is 81.5 Å². The van der Waals surface area contributed by atoms with Crippen molar-refractivity contribution >= 4 is 20.6 Å². The van der Waals surface area contributed by atoms with Gasteiger partial charge in [-0.2, -0.15) is 0 Å². The maximum absolute atomic E-state index is 11.8. The molecule has 1 aromatic heterocycles. The summed E-state index contributed by atoms with van der Waals surface area (Å²) in [5.74, 6) is 2.37. The van der Waals surface area contributed by atoms with Gasteiger partial charge in [-0.1, -0.05) is 0 Å². The van der Waals surface area contributed by atoms with E-state index in [1.54, 1.807) is 56.8 Å². The van der Waals surface area contributed by atoms with Crippen LogP contribution in [0.15, 0.2) is 53.6 Å². The van der Waals surface area contributed by atoms with Crippen LogP contribution >= 0.6 is 0 Å². The minimum absolute atomic E-state index is 0.464. The van der Waals surface area contributed by atoms with Gasteiger partial charge < -0.3 is 14.2 Å². The molecule has 2 aromatic carbocycles. The van der Waals surface area contributed by atoms with Crippen molar-refractivity contribution in [2.75, 3.05) is 20.5 Å². The van der Waals surface area contributed by atoms with Crippen LogP contribution in [0.1, 0.15) is 0 Å². The van der Waals surface area contributed by atoms with E-state index in [2.05, 4.69) is 4.98 Å². The summed E-state index contributed by atoms with van der Waals surface area (Å²) in [5.41, 5.74) is 0.717. The van der Waals surface area contributed by atoms with E-state index < -0.39 is 9.73 Å². The van der Waals surface area contributed by atoms with Crippen molar-refractivity contribution in [2.24, 2.45) is 0 Å². The summed E-state index contributed by atoms with van der Waals surface area (Å²) in [7, 11) is 0.405. The van der Waals surface area contributed by atoms with Crippen molar-refractivity contribution in [3.05, 3.63) is 48.7 Å². The van der Waals surface area contributed by atoms with Crippen molar-refractivity contribution in [3.8, 4) is 23.0 Å². The zero-order valence-electron chi connectivity index (χ0n) is 14.1. The second-order valence-corrected chi connectivity index (χ2v) is 7.61. The van der Waals surface area contributed by atoms with E-state index >= 15 is 0 Å². The smallest absolute Gasteiger partial charge is 0.162 e. The Bertz CT molecular complexity index is 1020. The quantitative estimate of drug-likeness (QED) is 0.743. The average Bonchev–Trinajstić information content (AvgIpc) is 2.60. The molecule has 0 bridgehead atoms. The highest BCUT2D eigenvalue weighted by molar-refractivity contribution is 7.91. The molecular formula is C18H18N2O4S. The van der Waals surface area contributed by atoms with Crippen LogP contribution in [-0.2, 0) is 9.73 Å². The third kappa shape index (κ3) is 3.51. The van der Waals surface area contributed by atoms with Crippen LogP contribution in [0.3, 0.4) is 0 Å². The minimum Gasteiger partial charge on any atom is -0.493 e.